The molecule has 0 aliphatic carbocycles. The largest absolute Gasteiger partial charge is 0.476 e. The van der Waals surface area contributed by atoms with Crippen LogP contribution in [-0.2, 0) is 13.5 Å². The number of hydrogen-bond donors (Lipinski definition) is 1. The van der Waals surface area contributed by atoms with Crippen molar-refractivity contribution in [1.29, 1.82) is 0 Å². The molecular weight excluding hydrogens is 206 g/mol. The molecule has 0 fully saturated rings. The average molecular weight is 217 g/mol. The predicted molar refractivity (Wildman–Crippen MR) is 57.2 cm³/mol. The van der Waals surface area contributed by atoms with Gasteiger partial charge in [0.15, 0.2) is 5.69 Å². The predicted octanol–water partition coefficient (Wildman–Crippen LogP) is 1.10. The average Bonchev–Trinajstić information content (AvgIpc) is 2.62. The molecular formula is C11H11N3O2. The lowest BCUT2D eigenvalue weighted by molar-refractivity contribution is 0.0689. The van der Waals surface area contributed by atoms with Gasteiger partial charge in [0.2, 0.25) is 0 Å². The van der Waals surface area contributed by atoms with Gasteiger partial charge >= 0.3 is 5.97 Å². The lowest BCUT2D eigenvalue weighted by Crippen LogP contribution is -2.06. The van der Waals surface area contributed by atoms with E-state index >= 15 is 0 Å². The zero-order valence-electron chi connectivity index (χ0n) is 8.79. The fourth-order valence-electron chi connectivity index (χ4n) is 1.53. The van der Waals surface area contributed by atoms with Crippen LogP contribution in [0.25, 0.3) is 0 Å². The highest BCUT2D eigenvalue weighted by Gasteiger charge is 2.17. The molecule has 2 rings (SSSR count). The fraction of sp³-hybridized carbons (Fsp3) is 0.182. The second-order valence-corrected chi connectivity index (χ2v) is 3.48. The van der Waals surface area contributed by atoms with Crippen molar-refractivity contribution in [2.75, 3.05) is 0 Å². The standard InChI is InChI=1S/C11H11N3O2/c1-14-9(10(11(15)16)12-13-14)7-8-5-3-2-4-6-8/h2-6H,7H2,1H3,(H,15,16). The van der Waals surface area contributed by atoms with E-state index in [-0.39, 0.29) is 5.69 Å². The Morgan fingerprint density at radius 1 is 1.38 bits per heavy atom. The second-order valence-electron chi connectivity index (χ2n) is 3.48. The maximum Gasteiger partial charge on any atom is 0.358 e. The van der Waals surface area contributed by atoms with E-state index in [0.717, 1.165) is 5.56 Å². The van der Waals surface area contributed by atoms with Crippen molar-refractivity contribution in [2.24, 2.45) is 7.05 Å². The van der Waals surface area contributed by atoms with Gasteiger partial charge in [-0.05, 0) is 5.56 Å². The van der Waals surface area contributed by atoms with E-state index in [2.05, 4.69) is 10.3 Å². The van der Waals surface area contributed by atoms with Crippen LogP contribution >= 0.6 is 0 Å². The number of benzene rings is 1. The third-order valence-electron chi connectivity index (χ3n) is 2.36. The Morgan fingerprint density at radius 3 is 2.69 bits per heavy atom. The Hall–Kier alpha value is -2.17. The maximum absolute atomic E-state index is 10.9. The van der Waals surface area contributed by atoms with Gasteiger partial charge in [-0.15, -0.1) is 5.10 Å². The lowest BCUT2D eigenvalue weighted by Gasteiger charge is -2.02. The van der Waals surface area contributed by atoms with Gasteiger partial charge in [-0.25, -0.2) is 4.79 Å². The Balaban J connectivity index is 2.34. The molecule has 1 heterocycles. The molecule has 5 nitrogen and oxygen atoms in total. The maximum atomic E-state index is 10.9. The molecule has 0 radical (unpaired) electrons. The highest BCUT2D eigenvalue weighted by molar-refractivity contribution is 5.86. The summed E-state index contributed by atoms with van der Waals surface area (Å²) in [5, 5.41) is 16.3. The first kappa shape index (κ1) is 10.4. The van der Waals surface area contributed by atoms with Crippen LogP contribution in [0.4, 0.5) is 0 Å². The number of carbonyl (C=O) groups is 1. The Morgan fingerprint density at radius 2 is 2.06 bits per heavy atom. The van der Waals surface area contributed by atoms with Crippen LogP contribution in [0.15, 0.2) is 30.3 Å². The number of rotatable bonds is 3. The van der Waals surface area contributed by atoms with Crippen LogP contribution in [0.3, 0.4) is 0 Å². The molecule has 2 aromatic rings. The summed E-state index contributed by atoms with van der Waals surface area (Å²) >= 11 is 0. The SMILES string of the molecule is Cn1nnc(C(=O)O)c1Cc1ccccc1. The Bertz CT molecular complexity index is 505. The van der Waals surface area contributed by atoms with E-state index in [4.69, 9.17) is 5.11 Å². The van der Waals surface area contributed by atoms with E-state index in [1.165, 1.54) is 4.68 Å². The van der Waals surface area contributed by atoms with Gasteiger partial charge in [-0.1, -0.05) is 35.5 Å². The van der Waals surface area contributed by atoms with Crippen LogP contribution in [0.1, 0.15) is 21.7 Å². The quantitative estimate of drug-likeness (QED) is 0.836. The van der Waals surface area contributed by atoms with Crippen molar-refractivity contribution in [2.45, 2.75) is 6.42 Å². The van der Waals surface area contributed by atoms with Crippen molar-refractivity contribution < 1.29 is 9.90 Å². The topological polar surface area (TPSA) is 68.0 Å². The number of hydrogen-bond acceptors (Lipinski definition) is 3. The summed E-state index contributed by atoms with van der Waals surface area (Å²) in [4.78, 5) is 10.9. The zero-order chi connectivity index (χ0) is 11.5. The molecule has 0 saturated heterocycles. The minimum absolute atomic E-state index is 0.0198. The molecule has 0 amide bonds. The molecule has 5 heteroatoms. The fourth-order valence-corrected chi connectivity index (χ4v) is 1.53. The molecule has 0 bridgehead atoms. The number of aromatic carboxylic acids is 1. The van der Waals surface area contributed by atoms with Gasteiger partial charge in [0.25, 0.3) is 0 Å². The normalized spacial score (nSPS) is 10.3. The van der Waals surface area contributed by atoms with E-state index in [9.17, 15) is 4.79 Å². The molecule has 0 saturated carbocycles. The molecule has 82 valence electrons. The van der Waals surface area contributed by atoms with Gasteiger partial charge in [-0.2, -0.15) is 0 Å². The van der Waals surface area contributed by atoms with E-state index in [1.54, 1.807) is 7.05 Å². The molecule has 16 heavy (non-hydrogen) atoms. The minimum Gasteiger partial charge on any atom is -0.476 e. The molecule has 0 atom stereocenters. The number of aryl methyl sites for hydroxylation is 1. The Kier molecular flexibility index (Phi) is 2.68. The molecule has 1 aromatic heterocycles. The number of carboxylic acid groups (broad SMARTS) is 1. The molecule has 0 aliphatic rings. The van der Waals surface area contributed by atoms with Crippen molar-refractivity contribution in [1.82, 2.24) is 15.0 Å². The van der Waals surface area contributed by atoms with Crippen LogP contribution < -0.4 is 0 Å². The zero-order valence-corrected chi connectivity index (χ0v) is 8.79. The molecule has 1 N–H and O–H groups in total. The van der Waals surface area contributed by atoms with Crippen LogP contribution in [-0.4, -0.2) is 26.1 Å². The molecule has 1 aromatic carbocycles. The van der Waals surface area contributed by atoms with E-state index < -0.39 is 5.97 Å². The summed E-state index contributed by atoms with van der Waals surface area (Å²) in [5.41, 5.74) is 1.67. The number of carboxylic acids is 1. The van der Waals surface area contributed by atoms with Crippen LogP contribution in [0, 0.1) is 0 Å². The summed E-state index contributed by atoms with van der Waals surface area (Å²) in [6.45, 7) is 0. The van der Waals surface area contributed by atoms with E-state index in [0.29, 0.717) is 12.1 Å². The molecule has 0 aliphatic heterocycles. The molecule has 0 unspecified atom stereocenters. The van der Waals surface area contributed by atoms with Crippen molar-refractivity contribution in [3.8, 4) is 0 Å². The van der Waals surface area contributed by atoms with Gasteiger partial charge in [0.1, 0.15) is 0 Å². The Labute approximate surface area is 92.3 Å². The third-order valence-corrected chi connectivity index (χ3v) is 2.36. The van der Waals surface area contributed by atoms with Gasteiger partial charge in [0, 0.05) is 13.5 Å². The first-order valence-corrected chi connectivity index (χ1v) is 4.84. The summed E-state index contributed by atoms with van der Waals surface area (Å²) < 4.78 is 1.50. The first-order valence-electron chi connectivity index (χ1n) is 4.84. The van der Waals surface area contributed by atoms with Crippen LogP contribution in [0.2, 0.25) is 0 Å². The first-order chi connectivity index (χ1) is 7.68. The summed E-state index contributed by atoms with van der Waals surface area (Å²) in [5.74, 6) is -1.04. The monoisotopic (exact) mass is 217 g/mol. The van der Waals surface area contributed by atoms with Gasteiger partial charge in [0.05, 0.1) is 5.69 Å². The van der Waals surface area contributed by atoms with Gasteiger partial charge < -0.3 is 5.11 Å². The third kappa shape index (κ3) is 1.93. The minimum atomic E-state index is -1.04. The second kappa shape index (κ2) is 4.14. The smallest absolute Gasteiger partial charge is 0.358 e. The van der Waals surface area contributed by atoms with Gasteiger partial charge in [-0.3, -0.25) is 4.68 Å². The number of nitrogens with zero attached hydrogens (tertiary/aromatic N) is 3. The molecule has 0 spiro atoms. The van der Waals surface area contributed by atoms with Crippen molar-refractivity contribution in [3.05, 3.63) is 47.3 Å². The van der Waals surface area contributed by atoms with E-state index in [1.807, 2.05) is 30.3 Å². The summed E-state index contributed by atoms with van der Waals surface area (Å²) in [6, 6.07) is 9.64. The van der Waals surface area contributed by atoms with Crippen molar-refractivity contribution >= 4 is 5.97 Å². The highest BCUT2D eigenvalue weighted by atomic mass is 16.4. The van der Waals surface area contributed by atoms with Crippen molar-refractivity contribution in [3.63, 3.8) is 0 Å². The highest BCUT2D eigenvalue weighted by Crippen LogP contribution is 2.11. The van der Waals surface area contributed by atoms with Crippen LogP contribution in [0.5, 0.6) is 0 Å². The number of aromatic nitrogens is 3. The lowest BCUT2D eigenvalue weighted by atomic mass is 10.1. The summed E-state index contributed by atoms with van der Waals surface area (Å²) in [7, 11) is 1.69. The summed E-state index contributed by atoms with van der Waals surface area (Å²) in [6.07, 6.45) is 0.520.